The molecule has 9 heteroatoms. The number of aromatic nitrogens is 3. The molecule has 1 aliphatic rings. The van der Waals surface area contributed by atoms with E-state index >= 15 is 0 Å². The maximum absolute atomic E-state index is 11.8. The first-order valence-corrected chi connectivity index (χ1v) is 6.30. The second kappa shape index (κ2) is 5.04. The number of hydrogen-bond acceptors (Lipinski definition) is 8. The highest BCUT2D eigenvalue weighted by atomic mass is 16.6. The first-order valence-electron chi connectivity index (χ1n) is 6.30. The minimum Gasteiger partial charge on any atom is -0.394 e. The summed E-state index contributed by atoms with van der Waals surface area (Å²) < 4.78 is 6.61. The Morgan fingerprint density at radius 2 is 2.10 bits per heavy atom. The molecular weight excluding hydrogens is 280 g/mol. The van der Waals surface area contributed by atoms with Crippen molar-refractivity contribution in [2.24, 2.45) is 0 Å². The normalized spacial score (nSPS) is 29.1. The smallest absolute Gasteiger partial charge is 0.356 e. The van der Waals surface area contributed by atoms with Crippen LogP contribution in [0, 0.1) is 0 Å². The van der Waals surface area contributed by atoms with E-state index in [1.807, 2.05) is 0 Å². The van der Waals surface area contributed by atoms with E-state index in [9.17, 15) is 15.0 Å². The highest BCUT2D eigenvalue weighted by Gasteiger charge is 2.43. The molecule has 0 amide bonds. The number of hydrogen-bond donors (Lipinski definition) is 4. The summed E-state index contributed by atoms with van der Waals surface area (Å²) >= 11 is 0. The van der Waals surface area contributed by atoms with Crippen LogP contribution in [-0.2, 0) is 4.74 Å². The van der Waals surface area contributed by atoms with Gasteiger partial charge >= 0.3 is 5.69 Å². The molecule has 0 bridgehead atoms. The van der Waals surface area contributed by atoms with Gasteiger partial charge in [-0.05, 0) is 6.07 Å². The van der Waals surface area contributed by atoms with Crippen LogP contribution in [0.15, 0.2) is 23.1 Å². The van der Waals surface area contributed by atoms with Gasteiger partial charge in [0.05, 0.1) is 6.61 Å². The van der Waals surface area contributed by atoms with Gasteiger partial charge in [-0.2, -0.15) is 9.97 Å². The zero-order chi connectivity index (χ0) is 15.1. The Balaban J connectivity index is 2.15. The zero-order valence-electron chi connectivity index (χ0n) is 10.8. The molecule has 1 saturated heterocycles. The lowest BCUT2D eigenvalue weighted by Crippen LogP contribution is -2.32. The monoisotopic (exact) mass is 294 g/mol. The van der Waals surface area contributed by atoms with Gasteiger partial charge in [0.1, 0.15) is 24.4 Å². The van der Waals surface area contributed by atoms with E-state index in [1.165, 1.54) is 10.6 Å². The molecular formula is C12H14N4O5. The third-order valence-corrected chi connectivity index (χ3v) is 3.48. The van der Waals surface area contributed by atoms with E-state index in [0.29, 0.717) is 5.56 Å². The summed E-state index contributed by atoms with van der Waals surface area (Å²) in [4.78, 5) is 19.3. The Labute approximate surface area is 118 Å². The summed E-state index contributed by atoms with van der Waals surface area (Å²) in [5.41, 5.74) is 5.44. The Bertz CT molecular complexity index is 733. The number of nitrogens with zero attached hydrogens (tertiary/aromatic N) is 3. The highest BCUT2D eigenvalue weighted by Crippen LogP contribution is 2.34. The summed E-state index contributed by atoms with van der Waals surface area (Å²) in [6, 6.07) is 3.17. The SMILES string of the molecule is Nc1nc(=O)n2cccc([C@@H]3O[C@H](CO)[C@@H](O)[C@H]3O)c2n1. The molecule has 1 aliphatic heterocycles. The van der Waals surface area contributed by atoms with Crippen LogP contribution in [0.25, 0.3) is 5.65 Å². The van der Waals surface area contributed by atoms with Crippen LogP contribution in [-0.4, -0.2) is 54.6 Å². The standard InChI is InChI=1S/C12H14N4O5/c13-11-14-10-5(2-1-3-16(10)12(20)15-11)9-8(19)7(18)6(4-17)21-9/h1-3,6-9,17-19H,4H2,(H2,13,15,20)/t6-,7-,8-,9+/m1/s1. The molecule has 2 aromatic heterocycles. The molecule has 0 spiro atoms. The van der Waals surface area contributed by atoms with Crippen molar-refractivity contribution in [1.82, 2.24) is 14.4 Å². The van der Waals surface area contributed by atoms with E-state index in [1.54, 1.807) is 12.1 Å². The Morgan fingerprint density at radius 3 is 2.76 bits per heavy atom. The van der Waals surface area contributed by atoms with E-state index in [0.717, 1.165) is 0 Å². The molecule has 0 aliphatic carbocycles. The first-order chi connectivity index (χ1) is 10.0. The fourth-order valence-corrected chi connectivity index (χ4v) is 2.45. The summed E-state index contributed by atoms with van der Waals surface area (Å²) in [6.45, 7) is -0.434. The number of fused-ring (bicyclic) bond motifs is 1. The number of aliphatic hydroxyl groups excluding tert-OH is 3. The van der Waals surface area contributed by atoms with E-state index < -0.39 is 36.7 Å². The number of nitrogens with two attached hydrogens (primary N) is 1. The van der Waals surface area contributed by atoms with Gasteiger partial charge in [0.2, 0.25) is 5.95 Å². The molecule has 3 heterocycles. The Hall–Kier alpha value is -2.07. The highest BCUT2D eigenvalue weighted by molar-refractivity contribution is 5.51. The third kappa shape index (κ3) is 2.16. The van der Waals surface area contributed by atoms with Crippen LogP contribution < -0.4 is 11.4 Å². The number of anilines is 1. The summed E-state index contributed by atoms with van der Waals surface area (Å²) in [6.07, 6.45) is -2.86. The van der Waals surface area contributed by atoms with Gasteiger partial charge in [0.25, 0.3) is 0 Å². The van der Waals surface area contributed by atoms with Crippen LogP contribution in [0.2, 0.25) is 0 Å². The molecule has 0 saturated carbocycles. The van der Waals surface area contributed by atoms with Crippen LogP contribution in [0.5, 0.6) is 0 Å². The second-order valence-electron chi connectivity index (χ2n) is 4.78. The van der Waals surface area contributed by atoms with Crippen LogP contribution in [0.1, 0.15) is 11.7 Å². The molecule has 9 nitrogen and oxygen atoms in total. The molecule has 0 unspecified atom stereocenters. The largest absolute Gasteiger partial charge is 0.394 e. The molecule has 1 fully saturated rings. The van der Waals surface area contributed by atoms with Crippen molar-refractivity contribution < 1.29 is 20.1 Å². The fourth-order valence-electron chi connectivity index (χ4n) is 2.45. The number of ether oxygens (including phenoxy) is 1. The van der Waals surface area contributed by atoms with Crippen LogP contribution in [0.3, 0.4) is 0 Å². The van der Waals surface area contributed by atoms with Crippen molar-refractivity contribution in [3.05, 3.63) is 34.4 Å². The lowest BCUT2D eigenvalue weighted by molar-refractivity contribution is -0.0225. The number of pyridine rings is 1. The average Bonchev–Trinajstić information content (AvgIpc) is 2.74. The lowest BCUT2D eigenvalue weighted by Gasteiger charge is -2.16. The van der Waals surface area contributed by atoms with E-state index in [-0.39, 0.29) is 11.6 Å². The maximum Gasteiger partial charge on any atom is 0.356 e. The van der Waals surface area contributed by atoms with Crippen LogP contribution in [0.4, 0.5) is 5.95 Å². The van der Waals surface area contributed by atoms with E-state index in [4.69, 9.17) is 15.6 Å². The molecule has 0 aromatic carbocycles. The Kier molecular flexibility index (Phi) is 3.33. The number of rotatable bonds is 2. The van der Waals surface area contributed by atoms with Crippen molar-refractivity contribution in [2.45, 2.75) is 24.4 Å². The van der Waals surface area contributed by atoms with Gasteiger partial charge < -0.3 is 25.8 Å². The second-order valence-corrected chi connectivity index (χ2v) is 4.78. The maximum atomic E-state index is 11.8. The Morgan fingerprint density at radius 1 is 1.33 bits per heavy atom. The molecule has 21 heavy (non-hydrogen) atoms. The fraction of sp³-hybridized carbons (Fsp3) is 0.417. The zero-order valence-corrected chi connectivity index (χ0v) is 10.8. The summed E-state index contributed by atoms with van der Waals surface area (Å²) in [5, 5.41) is 29.0. The predicted octanol–water partition coefficient (Wildman–Crippen LogP) is -2.17. The molecule has 5 N–H and O–H groups in total. The van der Waals surface area contributed by atoms with Crippen molar-refractivity contribution in [1.29, 1.82) is 0 Å². The van der Waals surface area contributed by atoms with E-state index in [2.05, 4.69) is 9.97 Å². The van der Waals surface area contributed by atoms with Gasteiger partial charge in [-0.15, -0.1) is 0 Å². The van der Waals surface area contributed by atoms with Gasteiger partial charge in [-0.3, -0.25) is 4.40 Å². The van der Waals surface area contributed by atoms with Gasteiger partial charge in [0.15, 0.2) is 5.65 Å². The minimum absolute atomic E-state index is 0.185. The van der Waals surface area contributed by atoms with Crippen molar-refractivity contribution in [2.75, 3.05) is 12.3 Å². The summed E-state index contributed by atoms with van der Waals surface area (Å²) in [7, 11) is 0. The summed E-state index contributed by atoms with van der Waals surface area (Å²) in [5.74, 6) is -0.195. The van der Waals surface area contributed by atoms with Crippen molar-refractivity contribution in [3.8, 4) is 0 Å². The predicted molar refractivity (Wildman–Crippen MR) is 70.4 cm³/mol. The lowest BCUT2D eigenvalue weighted by atomic mass is 10.0. The van der Waals surface area contributed by atoms with Crippen molar-refractivity contribution in [3.63, 3.8) is 0 Å². The number of nitrogen functional groups attached to an aromatic ring is 1. The minimum atomic E-state index is -1.25. The molecule has 3 rings (SSSR count). The van der Waals surface area contributed by atoms with Crippen molar-refractivity contribution >= 4 is 11.6 Å². The van der Waals surface area contributed by atoms with Crippen LogP contribution >= 0.6 is 0 Å². The van der Waals surface area contributed by atoms with Gasteiger partial charge in [-0.1, -0.05) is 6.07 Å². The molecule has 0 radical (unpaired) electrons. The average molecular weight is 294 g/mol. The van der Waals surface area contributed by atoms with Gasteiger partial charge in [0, 0.05) is 11.8 Å². The van der Waals surface area contributed by atoms with Gasteiger partial charge in [-0.25, -0.2) is 4.79 Å². The quantitative estimate of drug-likeness (QED) is 0.490. The first kappa shape index (κ1) is 13.9. The topological polar surface area (TPSA) is 143 Å². The molecule has 2 aromatic rings. The number of aliphatic hydroxyl groups is 3. The molecule has 4 atom stereocenters. The third-order valence-electron chi connectivity index (χ3n) is 3.48. The molecule has 112 valence electrons.